The summed E-state index contributed by atoms with van der Waals surface area (Å²) in [7, 11) is 1.59. The number of nitrogens with one attached hydrogen (secondary N) is 4. The highest BCUT2D eigenvalue weighted by Crippen LogP contribution is 1.98. The first-order chi connectivity index (χ1) is 11.8. The minimum Gasteiger partial charge on any atom is -0.354 e. The standard InChI is InChI=1S/C18H29N5O2.HI/c1-18(2,3)23-16(25)13-22-17(19-4)21-12-15(24)20-11-10-14-8-6-5-7-9-14;/h5-9H,10-13H2,1-4H3,(H,20,24)(H,23,25)(H2,19,21,22);1H. The molecule has 146 valence electrons. The van der Waals surface area contributed by atoms with E-state index < -0.39 is 0 Å². The predicted molar refractivity (Wildman–Crippen MR) is 116 cm³/mol. The lowest BCUT2D eigenvalue weighted by atomic mass is 10.1. The van der Waals surface area contributed by atoms with Gasteiger partial charge in [-0.15, -0.1) is 24.0 Å². The molecule has 1 rings (SSSR count). The summed E-state index contributed by atoms with van der Waals surface area (Å²) in [6.45, 7) is 6.50. The maximum atomic E-state index is 11.8. The molecule has 0 heterocycles. The Morgan fingerprint density at radius 3 is 2.08 bits per heavy atom. The highest BCUT2D eigenvalue weighted by molar-refractivity contribution is 14.0. The van der Waals surface area contributed by atoms with Crippen LogP contribution in [0.15, 0.2) is 35.3 Å². The fraction of sp³-hybridized carbons (Fsp3) is 0.500. The Balaban J connectivity index is 0.00000625. The largest absolute Gasteiger partial charge is 0.354 e. The highest BCUT2D eigenvalue weighted by Gasteiger charge is 2.13. The molecule has 26 heavy (non-hydrogen) atoms. The molecule has 8 heteroatoms. The summed E-state index contributed by atoms with van der Waals surface area (Å²) in [6.07, 6.45) is 0.784. The maximum Gasteiger partial charge on any atom is 0.239 e. The second-order valence-electron chi connectivity index (χ2n) is 6.66. The first-order valence-corrected chi connectivity index (χ1v) is 8.36. The number of halogens is 1. The molecule has 0 aliphatic rings. The molecule has 0 aliphatic heterocycles. The number of carbonyl (C=O) groups is 2. The number of guanidine groups is 1. The molecule has 0 saturated carbocycles. The van der Waals surface area contributed by atoms with Gasteiger partial charge in [0.2, 0.25) is 11.8 Å². The number of rotatable bonds is 7. The Kier molecular flexibility index (Phi) is 11.6. The van der Waals surface area contributed by atoms with E-state index in [1.165, 1.54) is 5.56 Å². The lowest BCUT2D eigenvalue weighted by molar-refractivity contribution is -0.121. The molecule has 0 fully saturated rings. The summed E-state index contributed by atoms with van der Waals surface area (Å²) < 4.78 is 0. The Morgan fingerprint density at radius 1 is 0.962 bits per heavy atom. The fourth-order valence-corrected chi connectivity index (χ4v) is 2.06. The van der Waals surface area contributed by atoms with Gasteiger partial charge in [0.1, 0.15) is 0 Å². The monoisotopic (exact) mass is 475 g/mol. The molecule has 1 aromatic rings. The van der Waals surface area contributed by atoms with E-state index in [1.54, 1.807) is 7.05 Å². The lowest BCUT2D eigenvalue weighted by Gasteiger charge is -2.21. The highest BCUT2D eigenvalue weighted by atomic mass is 127. The van der Waals surface area contributed by atoms with Crippen LogP contribution in [0.2, 0.25) is 0 Å². The molecule has 7 nitrogen and oxygen atoms in total. The van der Waals surface area contributed by atoms with Crippen LogP contribution in [-0.2, 0) is 16.0 Å². The van der Waals surface area contributed by atoms with Crippen LogP contribution in [0.5, 0.6) is 0 Å². The van der Waals surface area contributed by atoms with E-state index in [0.717, 1.165) is 6.42 Å². The van der Waals surface area contributed by atoms with E-state index in [0.29, 0.717) is 12.5 Å². The SMILES string of the molecule is CN=C(NCC(=O)NCCc1ccccc1)NCC(=O)NC(C)(C)C.I. The van der Waals surface area contributed by atoms with Gasteiger partial charge in [0.15, 0.2) is 5.96 Å². The predicted octanol–water partition coefficient (Wildman–Crippen LogP) is 1.04. The Labute approximate surface area is 172 Å². The van der Waals surface area contributed by atoms with Crippen molar-refractivity contribution < 1.29 is 9.59 Å². The molecule has 0 unspecified atom stereocenters. The topological polar surface area (TPSA) is 94.6 Å². The van der Waals surface area contributed by atoms with E-state index in [9.17, 15) is 9.59 Å². The van der Waals surface area contributed by atoms with Gasteiger partial charge in [-0.05, 0) is 32.8 Å². The minimum absolute atomic E-state index is 0. The Morgan fingerprint density at radius 2 is 1.54 bits per heavy atom. The molecule has 1 aromatic carbocycles. The summed E-state index contributed by atoms with van der Waals surface area (Å²) in [6, 6.07) is 9.97. The third kappa shape index (κ3) is 11.7. The third-order valence-electron chi connectivity index (χ3n) is 3.15. The second-order valence-corrected chi connectivity index (χ2v) is 6.66. The quantitative estimate of drug-likeness (QED) is 0.270. The van der Waals surface area contributed by atoms with Gasteiger partial charge in [-0.3, -0.25) is 14.6 Å². The molecule has 0 spiro atoms. The summed E-state index contributed by atoms with van der Waals surface area (Å²) in [5, 5.41) is 11.4. The molecule has 0 radical (unpaired) electrons. The number of carbonyl (C=O) groups excluding carboxylic acids is 2. The molecule has 0 aliphatic carbocycles. The van der Waals surface area contributed by atoms with Gasteiger partial charge in [0.05, 0.1) is 13.1 Å². The van der Waals surface area contributed by atoms with Crippen molar-refractivity contribution in [1.82, 2.24) is 21.3 Å². The third-order valence-corrected chi connectivity index (χ3v) is 3.15. The summed E-state index contributed by atoms with van der Waals surface area (Å²) in [5.74, 6) is 0.142. The van der Waals surface area contributed by atoms with Gasteiger partial charge in [0.25, 0.3) is 0 Å². The average molecular weight is 475 g/mol. The van der Waals surface area contributed by atoms with Crippen molar-refractivity contribution >= 4 is 41.8 Å². The van der Waals surface area contributed by atoms with Gasteiger partial charge in [-0.1, -0.05) is 30.3 Å². The van der Waals surface area contributed by atoms with Crippen molar-refractivity contribution in [3.05, 3.63) is 35.9 Å². The minimum atomic E-state index is -0.283. The van der Waals surface area contributed by atoms with E-state index in [-0.39, 0.29) is 54.4 Å². The van der Waals surface area contributed by atoms with Crippen molar-refractivity contribution in [2.75, 3.05) is 26.7 Å². The summed E-state index contributed by atoms with van der Waals surface area (Å²) >= 11 is 0. The first-order valence-electron chi connectivity index (χ1n) is 8.36. The number of aliphatic imine (C=N–C) groups is 1. The van der Waals surface area contributed by atoms with E-state index in [2.05, 4.69) is 26.3 Å². The van der Waals surface area contributed by atoms with Crippen molar-refractivity contribution in [2.45, 2.75) is 32.7 Å². The fourth-order valence-electron chi connectivity index (χ4n) is 2.06. The van der Waals surface area contributed by atoms with Crippen LogP contribution in [-0.4, -0.2) is 50.0 Å². The van der Waals surface area contributed by atoms with Crippen LogP contribution < -0.4 is 21.3 Å². The normalized spacial score (nSPS) is 11.2. The molecule has 0 bridgehead atoms. The first kappa shape index (κ1) is 24.2. The number of benzene rings is 1. The number of hydrogen-bond donors (Lipinski definition) is 4. The summed E-state index contributed by atoms with van der Waals surface area (Å²) in [5.41, 5.74) is 0.895. The molecular formula is C18H30IN5O2. The maximum absolute atomic E-state index is 11.8. The zero-order valence-corrected chi connectivity index (χ0v) is 18.2. The van der Waals surface area contributed by atoms with E-state index >= 15 is 0 Å². The zero-order valence-electron chi connectivity index (χ0n) is 15.9. The second kappa shape index (κ2) is 12.5. The Hall–Kier alpha value is -1.84. The van der Waals surface area contributed by atoms with Gasteiger partial charge >= 0.3 is 0 Å². The molecule has 4 N–H and O–H groups in total. The van der Waals surface area contributed by atoms with Crippen LogP contribution in [0.1, 0.15) is 26.3 Å². The van der Waals surface area contributed by atoms with Crippen LogP contribution in [0.3, 0.4) is 0 Å². The molecule has 0 aromatic heterocycles. The molecule has 0 saturated heterocycles. The zero-order chi connectivity index (χ0) is 18.7. The molecule has 0 atom stereocenters. The smallest absolute Gasteiger partial charge is 0.239 e. The lowest BCUT2D eigenvalue weighted by Crippen LogP contribution is -2.49. The van der Waals surface area contributed by atoms with E-state index in [1.807, 2.05) is 51.1 Å². The van der Waals surface area contributed by atoms with Crippen molar-refractivity contribution in [1.29, 1.82) is 0 Å². The number of amides is 2. The molecule has 2 amide bonds. The van der Waals surface area contributed by atoms with Gasteiger partial charge in [0, 0.05) is 19.1 Å². The Bertz CT molecular complexity index is 585. The van der Waals surface area contributed by atoms with Crippen LogP contribution >= 0.6 is 24.0 Å². The van der Waals surface area contributed by atoms with Crippen LogP contribution in [0.25, 0.3) is 0 Å². The number of nitrogens with zero attached hydrogens (tertiary/aromatic N) is 1. The van der Waals surface area contributed by atoms with Crippen molar-refractivity contribution in [2.24, 2.45) is 4.99 Å². The van der Waals surface area contributed by atoms with Gasteiger partial charge in [-0.25, -0.2) is 0 Å². The summed E-state index contributed by atoms with van der Waals surface area (Å²) in [4.78, 5) is 27.6. The van der Waals surface area contributed by atoms with Gasteiger partial charge < -0.3 is 21.3 Å². The van der Waals surface area contributed by atoms with Crippen LogP contribution in [0.4, 0.5) is 0 Å². The van der Waals surface area contributed by atoms with E-state index in [4.69, 9.17) is 0 Å². The average Bonchev–Trinajstić information content (AvgIpc) is 2.54. The van der Waals surface area contributed by atoms with Crippen LogP contribution in [0, 0.1) is 0 Å². The van der Waals surface area contributed by atoms with Gasteiger partial charge in [-0.2, -0.15) is 0 Å². The number of hydrogen-bond acceptors (Lipinski definition) is 3. The van der Waals surface area contributed by atoms with Crippen molar-refractivity contribution in [3.8, 4) is 0 Å². The van der Waals surface area contributed by atoms with Crippen molar-refractivity contribution in [3.63, 3.8) is 0 Å². The molecular weight excluding hydrogens is 445 g/mol.